The highest BCUT2D eigenvalue weighted by Gasteiger charge is 2.22. The predicted octanol–water partition coefficient (Wildman–Crippen LogP) is 4.68. The maximum Gasteiger partial charge on any atom is 0.329 e. The predicted molar refractivity (Wildman–Crippen MR) is 134 cm³/mol. The Labute approximate surface area is 216 Å². The number of hydrogen-bond donors (Lipinski definition) is 2. The minimum atomic E-state index is -0.667. The molecule has 1 aliphatic rings. The number of halogens is 1. The van der Waals surface area contributed by atoms with Crippen molar-refractivity contribution in [3.63, 3.8) is 0 Å². The summed E-state index contributed by atoms with van der Waals surface area (Å²) in [6.07, 6.45) is -0.667. The highest BCUT2D eigenvalue weighted by atomic mass is 35.5. The zero-order valence-corrected chi connectivity index (χ0v) is 20.9. The molecule has 0 bridgehead atoms. The van der Waals surface area contributed by atoms with Gasteiger partial charge in [-0.25, -0.2) is 14.6 Å². The van der Waals surface area contributed by atoms with Crippen molar-refractivity contribution < 1.29 is 34.5 Å². The van der Waals surface area contributed by atoms with E-state index in [-0.39, 0.29) is 32.2 Å². The first-order valence-corrected chi connectivity index (χ1v) is 11.8. The Hall–Kier alpha value is -3.54. The smallest absolute Gasteiger partial charge is 0.329 e. The molecule has 2 heterocycles. The van der Waals surface area contributed by atoms with Crippen molar-refractivity contribution in [3.8, 4) is 17.2 Å². The van der Waals surface area contributed by atoms with Crippen LogP contribution in [0.3, 0.4) is 0 Å². The maximum absolute atomic E-state index is 13.0. The number of benzene rings is 3. The molecule has 0 fully saturated rings. The lowest BCUT2D eigenvalue weighted by Crippen LogP contribution is -2.22. The maximum atomic E-state index is 13.0. The zero-order chi connectivity index (χ0) is 26.1. The summed E-state index contributed by atoms with van der Waals surface area (Å²) in [6, 6.07) is 14.4. The van der Waals surface area contributed by atoms with Gasteiger partial charge >= 0.3 is 5.69 Å². The van der Waals surface area contributed by atoms with Crippen LogP contribution in [0, 0.1) is 6.92 Å². The molecule has 3 aromatic carbocycles. The number of imidazole rings is 1. The first-order valence-electron chi connectivity index (χ1n) is 11.5. The van der Waals surface area contributed by atoms with Crippen LogP contribution in [0.25, 0.3) is 11.0 Å². The summed E-state index contributed by atoms with van der Waals surface area (Å²) in [5, 5.41) is 18.3. The van der Waals surface area contributed by atoms with Gasteiger partial charge in [0.2, 0.25) is 6.79 Å². The molecule has 10 nitrogen and oxygen atoms in total. The molecule has 2 N–H and O–H groups in total. The van der Waals surface area contributed by atoms with E-state index in [2.05, 4.69) is 9.78 Å². The molecular weight excluding hydrogens is 504 g/mol. The van der Waals surface area contributed by atoms with Gasteiger partial charge in [0.1, 0.15) is 19.0 Å². The number of nitrogens with zero attached hydrogens (tertiary/aromatic N) is 2. The summed E-state index contributed by atoms with van der Waals surface area (Å²) >= 11 is 6.64. The molecule has 11 heteroatoms. The van der Waals surface area contributed by atoms with Crippen LogP contribution in [0.4, 0.5) is 0 Å². The SMILES string of the molecule is Cc1cc(Cn2c(=O)n(C)c3cc(COO)ccc32)cc(Cl)c1OC(COO)c1ccc2c(c1)OCO2. The minimum Gasteiger partial charge on any atom is -0.481 e. The second-order valence-corrected chi connectivity index (χ2v) is 9.17. The van der Waals surface area contributed by atoms with E-state index >= 15 is 0 Å². The lowest BCUT2D eigenvalue weighted by molar-refractivity contribution is -0.255. The highest BCUT2D eigenvalue weighted by molar-refractivity contribution is 6.32. The van der Waals surface area contributed by atoms with Crippen molar-refractivity contribution in [1.29, 1.82) is 0 Å². The summed E-state index contributed by atoms with van der Waals surface area (Å²) < 4.78 is 20.2. The second-order valence-electron chi connectivity index (χ2n) is 8.76. The van der Waals surface area contributed by atoms with Crippen LogP contribution in [0.15, 0.2) is 53.3 Å². The van der Waals surface area contributed by atoms with Crippen LogP contribution in [0.1, 0.15) is 28.4 Å². The first kappa shape index (κ1) is 25.1. The molecule has 0 spiro atoms. The van der Waals surface area contributed by atoms with Crippen LogP contribution < -0.4 is 19.9 Å². The average molecular weight is 529 g/mol. The Morgan fingerprint density at radius 1 is 1.00 bits per heavy atom. The van der Waals surface area contributed by atoms with E-state index < -0.39 is 6.10 Å². The van der Waals surface area contributed by atoms with Gasteiger partial charge < -0.3 is 14.2 Å². The fourth-order valence-corrected chi connectivity index (χ4v) is 4.85. The minimum absolute atomic E-state index is 0.0279. The van der Waals surface area contributed by atoms with E-state index in [1.807, 2.05) is 19.1 Å². The third-order valence-corrected chi connectivity index (χ3v) is 6.61. The molecule has 1 unspecified atom stereocenters. The van der Waals surface area contributed by atoms with E-state index in [9.17, 15) is 4.79 Å². The fraction of sp³-hybridized carbons (Fsp3) is 0.269. The van der Waals surface area contributed by atoms with Crippen LogP contribution in [0.2, 0.25) is 5.02 Å². The first-order chi connectivity index (χ1) is 17.9. The van der Waals surface area contributed by atoms with Gasteiger partial charge in [-0.05, 0) is 59.5 Å². The number of ether oxygens (including phenoxy) is 3. The average Bonchev–Trinajstić information content (AvgIpc) is 3.44. The number of aromatic nitrogens is 2. The third-order valence-electron chi connectivity index (χ3n) is 6.33. The number of rotatable bonds is 9. The van der Waals surface area contributed by atoms with E-state index in [1.54, 1.807) is 52.6 Å². The topological polar surface area (TPSA) is 114 Å². The summed E-state index contributed by atoms with van der Waals surface area (Å²) in [6.45, 7) is 2.18. The van der Waals surface area contributed by atoms with Gasteiger partial charge in [-0.1, -0.05) is 29.8 Å². The van der Waals surface area contributed by atoms with Crippen molar-refractivity contribution in [2.45, 2.75) is 26.2 Å². The summed E-state index contributed by atoms with van der Waals surface area (Å²) in [4.78, 5) is 21.6. The van der Waals surface area contributed by atoms with E-state index in [0.717, 1.165) is 27.7 Å². The lowest BCUT2D eigenvalue weighted by atomic mass is 10.1. The fourth-order valence-electron chi connectivity index (χ4n) is 4.52. The van der Waals surface area contributed by atoms with E-state index in [0.29, 0.717) is 27.8 Å². The summed E-state index contributed by atoms with van der Waals surface area (Å²) in [7, 11) is 1.69. The highest BCUT2D eigenvalue weighted by Crippen LogP contribution is 2.38. The molecule has 0 radical (unpaired) electrons. The molecule has 5 rings (SSSR count). The van der Waals surface area contributed by atoms with Gasteiger partial charge in [0.05, 0.1) is 22.6 Å². The number of aryl methyl sites for hydroxylation is 2. The van der Waals surface area contributed by atoms with Crippen molar-refractivity contribution in [2.75, 3.05) is 13.4 Å². The molecule has 194 valence electrons. The Morgan fingerprint density at radius 3 is 2.57 bits per heavy atom. The molecule has 1 atom stereocenters. The zero-order valence-electron chi connectivity index (χ0n) is 20.1. The normalized spacial score (nSPS) is 13.3. The third kappa shape index (κ3) is 4.89. The van der Waals surface area contributed by atoms with Gasteiger partial charge in [0, 0.05) is 7.05 Å². The van der Waals surface area contributed by atoms with E-state index in [4.69, 9.17) is 36.3 Å². The summed E-state index contributed by atoms with van der Waals surface area (Å²) in [5.41, 5.74) is 4.29. The molecular formula is C26H25ClN2O8. The molecule has 0 amide bonds. The standard InChI is InChI=1S/C26H25ClN2O8/c1-15-7-17(11-29-20-5-3-16(12-35-31)9-21(20)28(2)26(29)30)8-19(27)25(15)37-24(13-36-32)18-4-6-22-23(10-18)34-14-33-22/h3-10,24,31-32H,11-14H2,1-2H3. The largest absolute Gasteiger partial charge is 0.481 e. The Morgan fingerprint density at radius 2 is 1.81 bits per heavy atom. The molecule has 0 saturated heterocycles. The Kier molecular flexibility index (Phi) is 7.09. The molecule has 0 saturated carbocycles. The second kappa shape index (κ2) is 10.4. The van der Waals surface area contributed by atoms with Crippen molar-refractivity contribution in [3.05, 3.63) is 86.3 Å². The quantitative estimate of drug-likeness (QED) is 0.238. The molecule has 1 aliphatic heterocycles. The van der Waals surface area contributed by atoms with Gasteiger partial charge in [0.25, 0.3) is 0 Å². The lowest BCUT2D eigenvalue weighted by Gasteiger charge is -2.21. The Bertz CT molecular complexity index is 1490. The van der Waals surface area contributed by atoms with E-state index in [1.165, 1.54) is 0 Å². The van der Waals surface area contributed by atoms with Gasteiger partial charge in [0.15, 0.2) is 17.6 Å². The molecule has 37 heavy (non-hydrogen) atoms. The van der Waals surface area contributed by atoms with Crippen molar-refractivity contribution in [1.82, 2.24) is 9.13 Å². The van der Waals surface area contributed by atoms with Gasteiger partial charge in [-0.15, -0.1) is 0 Å². The van der Waals surface area contributed by atoms with Crippen LogP contribution in [-0.4, -0.2) is 33.0 Å². The molecule has 1 aromatic heterocycles. The molecule has 0 aliphatic carbocycles. The van der Waals surface area contributed by atoms with Crippen molar-refractivity contribution in [2.24, 2.45) is 7.05 Å². The Balaban J connectivity index is 1.43. The van der Waals surface area contributed by atoms with Crippen molar-refractivity contribution >= 4 is 22.6 Å². The summed E-state index contributed by atoms with van der Waals surface area (Å²) in [5.74, 6) is 1.65. The molecule has 4 aromatic rings. The number of hydrogen-bond acceptors (Lipinski definition) is 8. The monoisotopic (exact) mass is 528 g/mol. The van der Waals surface area contributed by atoms with Crippen LogP contribution in [0.5, 0.6) is 17.2 Å². The van der Waals surface area contributed by atoms with Gasteiger partial charge in [-0.3, -0.25) is 19.6 Å². The number of fused-ring (bicyclic) bond motifs is 2. The van der Waals surface area contributed by atoms with Crippen LogP contribution in [-0.2, 0) is 30.0 Å². The van der Waals surface area contributed by atoms with Crippen LogP contribution >= 0.6 is 11.6 Å². The van der Waals surface area contributed by atoms with Gasteiger partial charge in [-0.2, -0.15) is 0 Å².